The summed E-state index contributed by atoms with van der Waals surface area (Å²) in [5, 5.41) is 40.2. The van der Waals surface area contributed by atoms with Gasteiger partial charge in [0.25, 0.3) is 0 Å². The SMILES string of the molecule is OC[C@H]1OC[C@H](O)[C@](O)([CH]c2ccc(-c3ccccc3)s2)[C@@H]1O. The molecular formula is C17H19O5S. The zero-order chi connectivity index (χ0) is 16.4. The molecule has 0 aliphatic carbocycles. The Morgan fingerprint density at radius 3 is 2.61 bits per heavy atom. The minimum Gasteiger partial charge on any atom is -0.394 e. The predicted octanol–water partition coefficient (Wildman–Crippen LogP) is 0.811. The lowest BCUT2D eigenvalue weighted by atomic mass is 9.82. The van der Waals surface area contributed by atoms with E-state index < -0.39 is 30.5 Å². The molecule has 5 nitrogen and oxygen atoms in total. The Labute approximate surface area is 138 Å². The maximum Gasteiger partial charge on any atom is 0.129 e. The van der Waals surface area contributed by atoms with Crippen molar-refractivity contribution < 1.29 is 25.2 Å². The van der Waals surface area contributed by atoms with Gasteiger partial charge in [0, 0.05) is 16.2 Å². The first kappa shape index (κ1) is 16.6. The number of ether oxygens (including phenoxy) is 1. The van der Waals surface area contributed by atoms with Gasteiger partial charge in [0.15, 0.2) is 0 Å². The maximum atomic E-state index is 10.7. The second kappa shape index (κ2) is 6.68. The van der Waals surface area contributed by atoms with Crippen LogP contribution in [0.1, 0.15) is 4.88 Å². The molecular weight excluding hydrogens is 316 g/mol. The topological polar surface area (TPSA) is 90.2 Å². The van der Waals surface area contributed by atoms with E-state index in [9.17, 15) is 20.4 Å². The molecule has 1 aromatic heterocycles. The van der Waals surface area contributed by atoms with Gasteiger partial charge in [0.2, 0.25) is 0 Å². The van der Waals surface area contributed by atoms with Gasteiger partial charge in [0.05, 0.1) is 13.2 Å². The van der Waals surface area contributed by atoms with Crippen LogP contribution in [-0.4, -0.2) is 57.6 Å². The monoisotopic (exact) mass is 335 g/mol. The van der Waals surface area contributed by atoms with Crippen molar-refractivity contribution in [2.45, 2.75) is 23.9 Å². The molecule has 0 amide bonds. The van der Waals surface area contributed by atoms with E-state index in [1.807, 2.05) is 42.5 Å². The lowest BCUT2D eigenvalue weighted by Gasteiger charge is -2.44. The highest BCUT2D eigenvalue weighted by Crippen LogP contribution is 2.35. The lowest BCUT2D eigenvalue weighted by molar-refractivity contribution is -0.232. The van der Waals surface area contributed by atoms with E-state index in [1.165, 1.54) is 17.8 Å². The number of thiophene rings is 1. The van der Waals surface area contributed by atoms with Crippen LogP contribution in [0, 0.1) is 6.42 Å². The molecule has 6 heteroatoms. The minimum atomic E-state index is -1.86. The summed E-state index contributed by atoms with van der Waals surface area (Å²) in [4.78, 5) is 1.75. The van der Waals surface area contributed by atoms with Crippen molar-refractivity contribution in [3.05, 3.63) is 53.8 Å². The summed E-state index contributed by atoms with van der Waals surface area (Å²) in [5.74, 6) is 0. The number of aliphatic hydroxyl groups excluding tert-OH is 3. The third-order valence-electron chi connectivity index (χ3n) is 4.07. The molecule has 1 saturated heterocycles. The molecule has 2 aromatic rings. The third-order valence-corrected chi connectivity index (χ3v) is 5.15. The first-order valence-electron chi connectivity index (χ1n) is 7.36. The first-order valence-corrected chi connectivity index (χ1v) is 8.18. The number of benzene rings is 1. The maximum absolute atomic E-state index is 10.7. The Bertz CT molecular complexity index is 643. The highest BCUT2D eigenvalue weighted by atomic mass is 32.1. The van der Waals surface area contributed by atoms with Crippen LogP contribution in [0.4, 0.5) is 0 Å². The van der Waals surface area contributed by atoms with Crippen molar-refractivity contribution in [3.63, 3.8) is 0 Å². The summed E-state index contributed by atoms with van der Waals surface area (Å²) in [6.45, 7) is -0.573. The standard InChI is InChI=1S/C17H19O5S/c18-9-13-16(20)17(21,15(19)10-22-13)8-12-6-7-14(23-12)11-4-2-1-3-5-11/h1-8,13,15-16,18-21H,9-10H2/t13-,15+,16-,17-/m1/s1. The molecule has 1 aliphatic rings. The van der Waals surface area contributed by atoms with Crippen LogP contribution in [0.15, 0.2) is 42.5 Å². The van der Waals surface area contributed by atoms with Crippen LogP contribution in [0.5, 0.6) is 0 Å². The highest BCUT2D eigenvalue weighted by Gasteiger charge is 2.50. The summed E-state index contributed by atoms with van der Waals surface area (Å²) in [7, 11) is 0. The summed E-state index contributed by atoms with van der Waals surface area (Å²) >= 11 is 1.45. The van der Waals surface area contributed by atoms with E-state index in [2.05, 4.69) is 0 Å². The molecule has 1 aliphatic heterocycles. The Morgan fingerprint density at radius 2 is 1.91 bits per heavy atom. The molecule has 0 unspecified atom stereocenters. The molecule has 0 spiro atoms. The van der Waals surface area contributed by atoms with Crippen molar-refractivity contribution >= 4 is 11.3 Å². The average Bonchev–Trinajstić information content (AvgIpc) is 3.02. The van der Waals surface area contributed by atoms with Gasteiger partial charge in [-0.25, -0.2) is 0 Å². The van der Waals surface area contributed by atoms with Crippen LogP contribution >= 0.6 is 11.3 Å². The van der Waals surface area contributed by atoms with E-state index in [1.54, 1.807) is 0 Å². The van der Waals surface area contributed by atoms with Gasteiger partial charge in [0.1, 0.15) is 23.9 Å². The molecule has 0 saturated carbocycles. The molecule has 123 valence electrons. The number of hydrogen-bond acceptors (Lipinski definition) is 6. The molecule has 0 bridgehead atoms. The number of aliphatic hydroxyl groups is 4. The van der Waals surface area contributed by atoms with Gasteiger partial charge in [-0.15, -0.1) is 11.3 Å². The fraction of sp³-hybridized carbons (Fsp3) is 0.353. The fourth-order valence-corrected chi connectivity index (χ4v) is 3.71. The van der Waals surface area contributed by atoms with Gasteiger partial charge in [-0.05, 0) is 17.7 Å². The van der Waals surface area contributed by atoms with Gasteiger partial charge in [-0.3, -0.25) is 0 Å². The van der Waals surface area contributed by atoms with Crippen LogP contribution in [0.3, 0.4) is 0 Å². The van der Waals surface area contributed by atoms with Gasteiger partial charge in [-0.2, -0.15) is 0 Å². The van der Waals surface area contributed by atoms with E-state index >= 15 is 0 Å². The summed E-state index contributed by atoms with van der Waals surface area (Å²) in [6, 6.07) is 13.6. The largest absolute Gasteiger partial charge is 0.394 e. The molecule has 3 rings (SSSR count). The van der Waals surface area contributed by atoms with Gasteiger partial charge < -0.3 is 25.2 Å². The van der Waals surface area contributed by atoms with E-state index in [-0.39, 0.29) is 6.61 Å². The van der Waals surface area contributed by atoms with Crippen molar-refractivity contribution in [2.75, 3.05) is 13.2 Å². The van der Waals surface area contributed by atoms with Crippen LogP contribution in [0.2, 0.25) is 0 Å². The molecule has 23 heavy (non-hydrogen) atoms. The Morgan fingerprint density at radius 1 is 1.17 bits per heavy atom. The highest BCUT2D eigenvalue weighted by molar-refractivity contribution is 7.15. The quantitative estimate of drug-likeness (QED) is 0.664. The summed E-state index contributed by atoms with van der Waals surface area (Å²) < 4.78 is 5.13. The third kappa shape index (κ3) is 3.19. The second-order valence-electron chi connectivity index (χ2n) is 5.61. The second-order valence-corrected chi connectivity index (χ2v) is 6.73. The van der Waals surface area contributed by atoms with Crippen LogP contribution in [0.25, 0.3) is 10.4 Å². The summed E-state index contributed by atoms with van der Waals surface area (Å²) in [5.41, 5.74) is -0.796. The van der Waals surface area contributed by atoms with Crippen molar-refractivity contribution in [1.29, 1.82) is 0 Å². The smallest absolute Gasteiger partial charge is 0.129 e. The Hall–Kier alpha value is -1.28. The normalized spacial score (nSPS) is 31.2. The Kier molecular flexibility index (Phi) is 4.82. The van der Waals surface area contributed by atoms with Crippen molar-refractivity contribution in [2.24, 2.45) is 0 Å². The molecule has 4 N–H and O–H groups in total. The van der Waals surface area contributed by atoms with Gasteiger partial charge in [-0.1, -0.05) is 30.3 Å². The first-order chi connectivity index (χ1) is 11.0. The zero-order valence-corrected chi connectivity index (χ0v) is 13.2. The number of rotatable bonds is 4. The molecule has 1 radical (unpaired) electrons. The van der Waals surface area contributed by atoms with Gasteiger partial charge >= 0.3 is 0 Å². The molecule has 4 atom stereocenters. The zero-order valence-electron chi connectivity index (χ0n) is 12.4. The van der Waals surface area contributed by atoms with E-state index in [0.717, 1.165) is 15.3 Å². The molecule has 1 aromatic carbocycles. The Balaban J connectivity index is 1.82. The van der Waals surface area contributed by atoms with Crippen LogP contribution in [-0.2, 0) is 4.74 Å². The average molecular weight is 335 g/mol. The predicted molar refractivity (Wildman–Crippen MR) is 86.9 cm³/mol. The molecule has 1 fully saturated rings. The fourth-order valence-electron chi connectivity index (χ4n) is 2.68. The number of hydrogen-bond donors (Lipinski definition) is 4. The van der Waals surface area contributed by atoms with E-state index in [4.69, 9.17) is 4.74 Å². The van der Waals surface area contributed by atoms with Crippen LogP contribution < -0.4 is 0 Å². The summed E-state index contributed by atoms with van der Waals surface area (Å²) in [6.07, 6.45) is -2.14. The van der Waals surface area contributed by atoms with E-state index in [0.29, 0.717) is 0 Å². The lowest BCUT2D eigenvalue weighted by Crippen LogP contribution is -2.64. The minimum absolute atomic E-state index is 0.147. The van der Waals surface area contributed by atoms with Crippen molar-refractivity contribution in [1.82, 2.24) is 0 Å². The van der Waals surface area contributed by atoms with Crippen molar-refractivity contribution in [3.8, 4) is 10.4 Å². The molecule has 2 heterocycles.